The van der Waals surface area contributed by atoms with Crippen molar-refractivity contribution < 1.29 is 4.74 Å². The summed E-state index contributed by atoms with van der Waals surface area (Å²) in [5.41, 5.74) is 0. The molecule has 0 aromatic heterocycles. The summed E-state index contributed by atoms with van der Waals surface area (Å²) in [5, 5.41) is 4.02. The average molecular weight is 228 g/mol. The van der Waals surface area contributed by atoms with Crippen LogP contribution in [0, 0.1) is 0 Å². The van der Waals surface area contributed by atoms with Crippen LogP contribution < -0.4 is 10.1 Å². The lowest BCUT2D eigenvalue weighted by Crippen LogP contribution is -2.29. The van der Waals surface area contributed by atoms with Crippen LogP contribution in [0.15, 0.2) is 24.3 Å². The molecule has 1 atom stereocenters. The molecule has 0 radical (unpaired) electrons. The predicted molar refractivity (Wildman–Crippen MR) is 64.7 cm³/mol. The normalized spacial score (nSPS) is 12.5. The SMILES string of the molecule is CCC(C)NCCOc1ccccc1Cl. The van der Waals surface area contributed by atoms with Crippen molar-refractivity contribution in [2.75, 3.05) is 13.2 Å². The van der Waals surface area contributed by atoms with Crippen LogP contribution in [0.5, 0.6) is 5.75 Å². The largest absolute Gasteiger partial charge is 0.491 e. The molecule has 2 nitrogen and oxygen atoms in total. The van der Waals surface area contributed by atoms with Crippen molar-refractivity contribution in [2.24, 2.45) is 0 Å². The number of ether oxygens (including phenoxy) is 1. The Bertz CT molecular complexity index is 291. The molecule has 1 aromatic rings. The summed E-state index contributed by atoms with van der Waals surface area (Å²) in [6, 6.07) is 8.07. The summed E-state index contributed by atoms with van der Waals surface area (Å²) in [6.07, 6.45) is 1.13. The first-order valence-corrected chi connectivity index (χ1v) is 5.72. The van der Waals surface area contributed by atoms with Crippen molar-refractivity contribution in [3.8, 4) is 5.75 Å². The average Bonchev–Trinajstić information content (AvgIpc) is 2.26. The third kappa shape index (κ3) is 4.54. The molecule has 0 aliphatic rings. The van der Waals surface area contributed by atoms with Gasteiger partial charge < -0.3 is 10.1 Å². The highest BCUT2D eigenvalue weighted by atomic mass is 35.5. The summed E-state index contributed by atoms with van der Waals surface area (Å²) in [4.78, 5) is 0. The van der Waals surface area contributed by atoms with Gasteiger partial charge >= 0.3 is 0 Å². The molecule has 0 spiro atoms. The van der Waals surface area contributed by atoms with Gasteiger partial charge in [-0.2, -0.15) is 0 Å². The fraction of sp³-hybridized carbons (Fsp3) is 0.500. The highest BCUT2D eigenvalue weighted by Crippen LogP contribution is 2.22. The molecule has 0 aliphatic carbocycles. The first-order valence-electron chi connectivity index (χ1n) is 5.34. The van der Waals surface area contributed by atoms with Crippen molar-refractivity contribution in [2.45, 2.75) is 26.3 Å². The number of hydrogen-bond donors (Lipinski definition) is 1. The maximum absolute atomic E-state index is 5.95. The van der Waals surface area contributed by atoms with Gasteiger partial charge in [-0.3, -0.25) is 0 Å². The monoisotopic (exact) mass is 227 g/mol. The summed E-state index contributed by atoms with van der Waals surface area (Å²) in [6.45, 7) is 5.82. The lowest BCUT2D eigenvalue weighted by Gasteiger charge is -2.12. The molecule has 0 saturated carbocycles. The van der Waals surface area contributed by atoms with Gasteiger partial charge in [0.2, 0.25) is 0 Å². The van der Waals surface area contributed by atoms with Crippen LogP contribution in [0.2, 0.25) is 5.02 Å². The summed E-state index contributed by atoms with van der Waals surface area (Å²) in [5.74, 6) is 0.755. The molecule has 0 amide bonds. The molecule has 1 rings (SSSR count). The van der Waals surface area contributed by atoms with Crippen molar-refractivity contribution in [1.29, 1.82) is 0 Å². The van der Waals surface area contributed by atoms with Gasteiger partial charge in [0.05, 0.1) is 5.02 Å². The van der Waals surface area contributed by atoms with Gasteiger partial charge in [0, 0.05) is 12.6 Å². The van der Waals surface area contributed by atoms with Crippen molar-refractivity contribution >= 4 is 11.6 Å². The van der Waals surface area contributed by atoms with Crippen molar-refractivity contribution in [3.05, 3.63) is 29.3 Å². The number of para-hydroxylation sites is 1. The fourth-order valence-electron chi connectivity index (χ4n) is 1.17. The van der Waals surface area contributed by atoms with E-state index in [0.29, 0.717) is 17.7 Å². The molecule has 1 N–H and O–H groups in total. The van der Waals surface area contributed by atoms with Crippen LogP contribution in [0.4, 0.5) is 0 Å². The van der Waals surface area contributed by atoms with Crippen molar-refractivity contribution in [1.82, 2.24) is 5.32 Å². The van der Waals surface area contributed by atoms with Crippen LogP contribution in [-0.2, 0) is 0 Å². The Morgan fingerprint density at radius 2 is 2.13 bits per heavy atom. The lowest BCUT2D eigenvalue weighted by molar-refractivity contribution is 0.306. The molecule has 1 aromatic carbocycles. The van der Waals surface area contributed by atoms with E-state index >= 15 is 0 Å². The molecule has 15 heavy (non-hydrogen) atoms. The predicted octanol–water partition coefficient (Wildman–Crippen LogP) is 3.11. The molecule has 1 unspecified atom stereocenters. The molecule has 3 heteroatoms. The highest BCUT2D eigenvalue weighted by molar-refractivity contribution is 6.32. The van der Waals surface area contributed by atoms with Gasteiger partial charge in [0.1, 0.15) is 12.4 Å². The quantitative estimate of drug-likeness (QED) is 0.755. The number of halogens is 1. The Hall–Kier alpha value is -0.730. The lowest BCUT2D eigenvalue weighted by atomic mass is 10.3. The zero-order chi connectivity index (χ0) is 11.1. The molecule has 84 valence electrons. The summed E-state index contributed by atoms with van der Waals surface area (Å²) in [7, 11) is 0. The minimum absolute atomic E-state index is 0.542. The Kier molecular flexibility index (Phi) is 5.51. The van der Waals surface area contributed by atoms with Crippen LogP contribution in [0.1, 0.15) is 20.3 Å². The fourth-order valence-corrected chi connectivity index (χ4v) is 1.36. The van der Waals surface area contributed by atoms with E-state index in [1.54, 1.807) is 0 Å². The zero-order valence-electron chi connectivity index (χ0n) is 9.29. The second-order valence-corrected chi connectivity index (χ2v) is 3.95. The second-order valence-electron chi connectivity index (χ2n) is 3.54. The van der Waals surface area contributed by atoms with E-state index in [-0.39, 0.29) is 0 Å². The zero-order valence-corrected chi connectivity index (χ0v) is 10.1. The first kappa shape index (κ1) is 12.3. The third-order valence-corrected chi connectivity index (χ3v) is 2.61. The number of hydrogen-bond acceptors (Lipinski definition) is 2. The van der Waals surface area contributed by atoms with E-state index in [1.165, 1.54) is 0 Å². The molecule has 0 saturated heterocycles. The molecule has 0 fully saturated rings. The van der Waals surface area contributed by atoms with Gasteiger partial charge in [-0.1, -0.05) is 30.7 Å². The van der Waals surface area contributed by atoms with Crippen LogP contribution in [0.3, 0.4) is 0 Å². The van der Waals surface area contributed by atoms with Crippen LogP contribution in [0.25, 0.3) is 0 Å². The van der Waals surface area contributed by atoms with E-state index in [4.69, 9.17) is 16.3 Å². The Labute approximate surface area is 96.6 Å². The van der Waals surface area contributed by atoms with Gasteiger partial charge in [0.15, 0.2) is 0 Å². The Morgan fingerprint density at radius 3 is 2.80 bits per heavy atom. The standard InChI is InChI=1S/C12H18ClNO/c1-3-10(2)14-8-9-15-12-7-5-4-6-11(12)13/h4-7,10,14H,3,8-9H2,1-2H3. The van der Waals surface area contributed by atoms with E-state index in [2.05, 4.69) is 19.2 Å². The van der Waals surface area contributed by atoms with Crippen LogP contribution >= 0.6 is 11.6 Å². The highest BCUT2D eigenvalue weighted by Gasteiger charge is 2.00. The molecular formula is C12H18ClNO. The number of rotatable bonds is 6. The van der Waals surface area contributed by atoms with Crippen LogP contribution in [-0.4, -0.2) is 19.2 Å². The van der Waals surface area contributed by atoms with E-state index in [9.17, 15) is 0 Å². The maximum Gasteiger partial charge on any atom is 0.137 e. The topological polar surface area (TPSA) is 21.3 Å². The molecule has 0 bridgehead atoms. The molecular weight excluding hydrogens is 210 g/mol. The minimum Gasteiger partial charge on any atom is -0.491 e. The number of nitrogens with one attached hydrogen (secondary N) is 1. The first-order chi connectivity index (χ1) is 7.24. The third-order valence-electron chi connectivity index (χ3n) is 2.30. The smallest absolute Gasteiger partial charge is 0.137 e. The summed E-state index contributed by atoms with van der Waals surface area (Å²) >= 11 is 5.95. The number of benzene rings is 1. The van der Waals surface area contributed by atoms with E-state index in [1.807, 2.05) is 24.3 Å². The maximum atomic E-state index is 5.95. The summed E-state index contributed by atoms with van der Waals surface area (Å²) < 4.78 is 5.54. The Balaban J connectivity index is 2.23. The van der Waals surface area contributed by atoms with E-state index in [0.717, 1.165) is 18.7 Å². The Morgan fingerprint density at radius 1 is 1.40 bits per heavy atom. The van der Waals surface area contributed by atoms with E-state index < -0.39 is 0 Å². The second kappa shape index (κ2) is 6.70. The minimum atomic E-state index is 0.542. The van der Waals surface area contributed by atoms with Gasteiger partial charge in [-0.15, -0.1) is 0 Å². The molecule has 0 aliphatic heterocycles. The molecule has 0 heterocycles. The van der Waals surface area contributed by atoms with Gasteiger partial charge in [0.25, 0.3) is 0 Å². The van der Waals surface area contributed by atoms with Crippen molar-refractivity contribution in [3.63, 3.8) is 0 Å². The van der Waals surface area contributed by atoms with Gasteiger partial charge in [-0.05, 0) is 25.5 Å². The van der Waals surface area contributed by atoms with Gasteiger partial charge in [-0.25, -0.2) is 0 Å².